The van der Waals surface area contributed by atoms with Crippen molar-refractivity contribution in [1.29, 1.82) is 0 Å². The molecule has 0 atom stereocenters. The number of rotatable bonds is 3. The summed E-state index contributed by atoms with van der Waals surface area (Å²) in [6.45, 7) is 1.99. The third-order valence-corrected chi connectivity index (χ3v) is 4.09. The van der Waals surface area contributed by atoms with Crippen molar-refractivity contribution in [2.75, 3.05) is 5.32 Å². The average Bonchev–Trinajstić information content (AvgIpc) is 2.86. The quantitative estimate of drug-likeness (QED) is 0.664. The molecule has 0 fully saturated rings. The highest BCUT2D eigenvalue weighted by molar-refractivity contribution is 6.04. The largest absolute Gasteiger partial charge is 0.457 e. The van der Waals surface area contributed by atoms with Gasteiger partial charge in [-0.3, -0.25) is 0 Å². The predicted molar refractivity (Wildman–Crippen MR) is 107 cm³/mol. The van der Waals surface area contributed by atoms with Crippen LogP contribution in [0.2, 0.25) is 0 Å². The maximum atomic E-state index is 6.12. The third kappa shape index (κ3) is 3.64. The Hall–Kier alpha value is -3.40. The summed E-state index contributed by atoms with van der Waals surface area (Å²) in [4.78, 5) is 8.89. The summed E-state index contributed by atoms with van der Waals surface area (Å²) in [6.07, 6.45) is 8.73. The van der Waals surface area contributed by atoms with E-state index in [1.54, 1.807) is 6.20 Å². The zero-order valence-corrected chi connectivity index (χ0v) is 14.5. The highest BCUT2D eigenvalue weighted by Crippen LogP contribution is 2.30. The molecule has 0 aliphatic carbocycles. The van der Waals surface area contributed by atoms with E-state index in [1.807, 2.05) is 49.4 Å². The molecule has 3 aromatic rings. The highest BCUT2D eigenvalue weighted by atomic mass is 16.5. The first-order valence-electron chi connectivity index (χ1n) is 8.59. The van der Waals surface area contributed by atoms with Gasteiger partial charge < -0.3 is 10.1 Å². The van der Waals surface area contributed by atoms with E-state index in [1.165, 1.54) is 0 Å². The fourth-order valence-corrected chi connectivity index (χ4v) is 2.85. The summed E-state index contributed by atoms with van der Waals surface area (Å²) >= 11 is 0. The summed E-state index contributed by atoms with van der Waals surface area (Å²) < 4.78 is 6.12. The van der Waals surface area contributed by atoms with Gasteiger partial charge in [-0.1, -0.05) is 48.6 Å². The molecule has 1 aliphatic rings. The molecule has 0 unspecified atom stereocenters. The Morgan fingerprint density at radius 1 is 1.04 bits per heavy atom. The number of allylic oxidation sites excluding steroid dienone is 3. The molecule has 0 amide bonds. The summed E-state index contributed by atoms with van der Waals surface area (Å²) in [6, 6.07) is 18.0. The van der Waals surface area contributed by atoms with Crippen LogP contribution in [-0.2, 0) is 0 Å². The molecule has 0 saturated heterocycles. The Balaban J connectivity index is 1.59. The first-order chi connectivity index (χ1) is 12.8. The van der Waals surface area contributed by atoms with Crippen LogP contribution in [-0.4, -0.2) is 10.8 Å². The van der Waals surface area contributed by atoms with Crippen LogP contribution in [0.4, 0.5) is 5.82 Å². The van der Waals surface area contributed by atoms with Gasteiger partial charge in [-0.2, -0.15) is 0 Å². The first-order valence-corrected chi connectivity index (χ1v) is 8.59. The normalized spacial score (nSPS) is 13.7. The number of benzene rings is 2. The van der Waals surface area contributed by atoms with Gasteiger partial charge in [-0.25, -0.2) is 9.98 Å². The molecule has 1 aromatic heterocycles. The van der Waals surface area contributed by atoms with Gasteiger partial charge in [0.1, 0.15) is 23.2 Å². The highest BCUT2D eigenvalue weighted by Gasteiger charge is 2.06. The van der Waals surface area contributed by atoms with Crippen LogP contribution < -0.4 is 10.1 Å². The molecule has 0 radical (unpaired) electrons. The second-order valence-corrected chi connectivity index (χ2v) is 6.06. The number of nitrogens with one attached hydrogen (secondary N) is 1. The lowest BCUT2D eigenvalue weighted by molar-refractivity contribution is 0.488. The SMILES string of the molecule is CC1=CCC=CC(Nc2cc(Oc3cccc4ccccc34)ccn2)=N1. The predicted octanol–water partition coefficient (Wildman–Crippen LogP) is 5.70. The Bertz CT molecular complexity index is 1030. The van der Waals surface area contributed by atoms with Crippen molar-refractivity contribution in [3.05, 3.63) is 84.7 Å². The minimum atomic E-state index is 0.695. The maximum absolute atomic E-state index is 6.12. The van der Waals surface area contributed by atoms with Gasteiger partial charge in [0.25, 0.3) is 0 Å². The molecular formula is C22H19N3O. The van der Waals surface area contributed by atoms with E-state index in [9.17, 15) is 0 Å². The molecule has 0 bridgehead atoms. The number of aromatic nitrogens is 1. The van der Waals surface area contributed by atoms with E-state index in [2.05, 4.69) is 45.6 Å². The smallest absolute Gasteiger partial charge is 0.135 e. The number of hydrogen-bond donors (Lipinski definition) is 1. The monoisotopic (exact) mass is 341 g/mol. The van der Waals surface area contributed by atoms with E-state index in [0.717, 1.165) is 40.2 Å². The molecule has 0 spiro atoms. The van der Waals surface area contributed by atoms with E-state index in [4.69, 9.17) is 4.74 Å². The van der Waals surface area contributed by atoms with Crippen molar-refractivity contribution >= 4 is 22.4 Å². The van der Waals surface area contributed by atoms with Crippen molar-refractivity contribution < 1.29 is 4.74 Å². The third-order valence-electron chi connectivity index (χ3n) is 4.09. The molecular weight excluding hydrogens is 322 g/mol. The van der Waals surface area contributed by atoms with Crippen molar-refractivity contribution in [2.45, 2.75) is 13.3 Å². The lowest BCUT2D eigenvalue weighted by Crippen LogP contribution is -2.10. The van der Waals surface area contributed by atoms with Crippen molar-refractivity contribution in [3.63, 3.8) is 0 Å². The van der Waals surface area contributed by atoms with Gasteiger partial charge in [0, 0.05) is 23.3 Å². The van der Waals surface area contributed by atoms with E-state index >= 15 is 0 Å². The first kappa shape index (κ1) is 16.1. The minimum Gasteiger partial charge on any atom is -0.457 e. The standard InChI is InChI=1S/C22H19N3O/c1-16-7-2-5-12-21(24-16)25-22-15-18(13-14-23-22)26-20-11-6-9-17-8-3-4-10-19(17)20/h3-15H,2H2,1H3,(H,23,24,25). The number of ether oxygens (including phenoxy) is 1. The number of hydrogen-bond acceptors (Lipinski definition) is 4. The van der Waals surface area contributed by atoms with Crippen LogP contribution in [0.15, 0.2) is 89.7 Å². The number of aliphatic imine (C=N–C) groups is 1. The molecule has 1 N–H and O–H groups in total. The van der Waals surface area contributed by atoms with Crippen LogP contribution in [0, 0.1) is 0 Å². The molecule has 0 saturated carbocycles. The van der Waals surface area contributed by atoms with Crippen molar-refractivity contribution in [2.24, 2.45) is 4.99 Å². The number of nitrogens with zero attached hydrogens (tertiary/aromatic N) is 2. The second kappa shape index (κ2) is 7.23. The molecule has 2 aromatic carbocycles. The van der Waals surface area contributed by atoms with E-state index in [-0.39, 0.29) is 0 Å². The Labute approximate surface area is 152 Å². The second-order valence-electron chi connectivity index (χ2n) is 6.06. The number of amidine groups is 1. The average molecular weight is 341 g/mol. The van der Waals surface area contributed by atoms with Gasteiger partial charge in [0.15, 0.2) is 0 Å². The fourth-order valence-electron chi connectivity index (χ4n) is 2.85. The van der Waals surface area contributed by atoms with Gasteiger partial charge in [-0.15, -0.1) is 0 Å². The zero-order valence-electron chi connectivity index (χ0n) is 14.5. The van der Waals surface area contributed by atoms with E-state index < -0.39 is 0 Å². The molecule has 4 nitrogen and oxygen atoms in total. The van der Waals surface area contributed by atoms with Crippen molar-refractivity contribution in [1.82, 2.24) is 4.98 Å². The van der Waals surface area contributed by atoms with Gasteiger partial charge in [0.2, 0.25) is 0 Å². The van der Waals surface area contributed by atoms with Crippen LogP contribution in [0.1, 0.15) is 13.3 Å². The number of fused-ring (bicyclic) bond motifs is 1. The summed E-state index contributed by atoms with van der Waals surface area (Å²) in [5.41, 5.74) is 0.987. The van der Waals surface area contributed by atoms with Crippen LogP contribution >= 0.6 is 0 Å². The lowest BCUT2D eigenvalue weighted by atomic mass is 10.1. The Kier molecular flexibility index (Phi) is 4.48. The topological polar surface area (TPSA) is 46.5 Å². The molecule has 4 heteroatoms. The van der Waals surface area contributed by atoms with Crippen molar-refractivity contribution in [3.8, 4) is 11.5 Å². The fraction of sp³-hybridized carbons (Fsp3) is 0.0909. The van der Waals surface area contributed by atoms with Gasteiger partial charge in [0.05, 0.1) is 0 Å². The molecule has 1 aliphatic heterocycles. The molecule has 4 rings (SSSR count). The van der Waals surface area contributed by atoms with Gasteiger partial charge in [-0.05, 0) is 36.9 Å². The Morgan fingerprint density at radius 2 is 1.92 bits per heavy atom. The minimum absolute atomic E-state index is 0.695. The van der Waals surface area contributed by atoms with Crippen LogP contribution in [0.25, 0.3) is 10.8 Å². The van der Waals surface area contributed by atoms with Crippen LogP contribution in [0.3, 0.4) is 0 Å². The summed E-state index contributed by atoms with van der Waals surface area (Å²) in [7, 11) is 0. The summed E-state index contributed by atoms with van der Waals surface area (Å²) in [5, 5.41) is 5.48. The summed E-state index contributed by atoms with van der Waals surface area (Å²) in [5.74, 6) is 3.02. The number of anilines is 1. The van der Waals surface area contributed by atoms with Gasteiger partial charge >= 0.3 is 0 Å². The number of pyridine rings is 1. The Morgan fingerprint density at radius 3 is 2.88 bits per heavy atom. The molecule has 2 heterocycles. The zero-order chi connectivity index (χ0) is 17.8. The van der Waals surface area contributed by atoms with Crippen LogP contribution in [0.5, 0.6) is 11.5 Å². The molecule has 128 valence electrons. The lowest BCUT2D eigenvalue weighted by Gasteiger charge is -2.11. The molecule has 26 heavy (non-hydrogen) atoms. The van der Waals surface area contributed by atoms with E-state index in [0.29, 0.717) is 5.82 Å². The maximum Gasteiger partial charge on any atom is 0.135 e.